The Morgan fingerprint density at radius 3 is 1.55 bits per heavy atom. The summed E-state index contributed by atoms with van der Waals surface area (Å²) >= 11 is 0. The maximum absolute atomic E-state index is 5.37. The molecule has 0 amide bonds. The number of ether oxygens (including phenoxy) is 2. The number of para-hydroxylation sites is 2. The average molecular weight is 311 g/mol. The van der Waals surface area contributed by atoms with Crippen LogP contribution in [-0.2, 0) is 12.3 Å². The zero-order chi connectivity index (χ0) is 13.5. The standard InChI is InChI=1S/C16H19O2P.ClH/c1-17-15-9-5-3-7-13(15)11-19-12-14-8-4-6-10-16(14)18-2;/h3-10,19H,11-12H2,1-2H3;1H. The van der Waals surface area contributed by atoms with Crippen molar-refractivity contribution in [2.24, 2.45) is 0 Å². The SMILES string of the molecule is COc1ccccc1CPCc1ccccc1OC.Cl. The summed E-state index contributed by atoms with van der Waals surface area (Å²) in [6.45, 7) is 0. The van der Waals surface area contributed by atoms with E-state index in [9.17, 15) is 0 Å². The lowest BCUT2D eigenvalue weighted by Gasteiger charge is -2.10. The van der Waals surface area contributed by atoms with Crippen LogP contribution >= 0.6 is 21.0 Å². The first-order valence-electron chi connectivity index (χ1n) is 6.29. The second-order valence-electron chi connectivity index (χ2n) is 4.23. The minimum Gasteiger partial charge on any atom is -0.496 e. The van der Waals surface area contributed by atoms with Gasteiger partial charge in [-0.1, -0.05) is 36.4 Å². The lowest BCUT2D eigenvalue weighted by Crippen LogP contribution is -1.91. The Bertz CT molecular complexity index is 484. The molecule has 0 heterocycles. The van der Waals surface area contributed by atoms with Crippen LogP contribution < -0.4 is 9.47 Å². The highest BCUT2D eigenvalue weighted by atomic mass is 35.5. The van der Waals surface area contributed by atoms with E-state index in [0.29, 0.717) is 0 Å². The van der Waals surface area contributed by atoms with Crippen LogP contribution in [0.25, 0.3) is 0 Å². The molecule has 2 aromatic rings. The fourth-order valence-corrected chi connectivity index (χ4v) is 3.28. The zero-order valence-corrected chi connectivity index (χ0v) is 13.6. The first-order chi connectivity index (χ1) is 9.35. The Balaban J connectivity index is 0.00000200. The Labute approximate surface area is 128 Å². The maximum Gasteiger partial charge on any atom is 0.122 e. The zero-order valence-electron chi connectivity index (χ0n) is 11.8. The van der Waals surface area contributed by atoms with Crippen molar-refractivity contribution in [3.63, 3.8) is 0 Å². The first-order valence-corrected chi connectivity index (χ1v) is 7.71. The van der Waals surface area contributed by atoms with E-state index in [4.69, 9.17) is 9.47 Å². The molecule has 20 heavy (non-hydrogen) atoms. The summed E-state index contributed by atoms with van der Waals surface area (Å²) in [5, 5.41) is 0. The first kappa shape index (κ1) is 16.8. The van der Waals surface area contributed by atoms with Gasteiger partial charge in [0.15, 0.2) is 0 Å². The Morgan fingerprint density at radius 1 is 0.750 bits per heavy atom. The fourth-order valence-electron chi connectivity index (χ4n) is 2.03. The minimum atomic E-state index is 0. The third kappa shape index (κ3) is 4.40. The van der Waals surface area contributed by atoms with Gasteiger partial charge >= 0.3 is 0 Å². The summed E-state index contributed by atoms with van der Waals surface area (Å²) in [5.41, 5.74) is 2.55. The van der Waals surface area contributed by atoms with Gasteiger partial charge in [-0.15, -0.1) is 21.0 Å². The van der Waals surface area contributed by atoms with Crippen LogP contribution in [0.4, 0.5) is 0 Å². The molecule has 0 atom stereocenters. The van der Waals surface area contributed by atoms with Gasteiger partial charge in [-0.2, -0.15) is 0 Å². The van der Waals surface area contributed by atoms with Gasteiger partial charge in [0.1, 0.15) is 11.5 Å². The topological polar surface area (TPSA) is 18.5 Å². The largest absolute Gasteiger partial charge is 0.496 e. The second-order valence-corrected chi connectivity index (χ2v) is 5.43. The van der Waals surface area contributed by atoms with Crippen LogP contribution in [0.2, 0.25) is 0 Å². The van der Waals surface area contributed by atoms with Gasteiger partial charge in [-0.05, 0) is 35.6 Å². The van der Waals surface area contributed by atoms with Gasteiger partial charge in [-0.3, -0.25) is 0 Å². The molecular formula is C16H20ClO2P. The van der Waals surface area contributed by atoms with E-state index in [1.54, 1.807) is 14.2 Å². The van der Waals surface area contributed by atoms with Gasteiger partial charge in [0.2, 0.25) is 0 Å². The number of halogens is 1. The number of hydrogen-bond donors (Lipinski definition) is 0. The fraction of sp³-hybridized carbons (Fsp3) is 0.250. The number of rotatable bonds is 6. The summed E-state index contributed by atoms with van der Waals surface area (Å²) in [5.74, 6) is 1.96. The molecule has 0 unspecified atom stereocenters. The molecular weight excluding hydrogens is 291 g/mol. The molecule has 2 rings (SSSR count). The third-order valence-corrected chi connectivity index (χ3v) is 4.28. The van der Waals surface area contributed by atoms with Gasteiger partial charge < -0.3 is 9.47 Å². The molecule has 2 aromatic carbocycles. The molecule has 0 saturated carbocycles. The Hall–Kier alpha value is -1.24. The Kier molecular flexibility index (Phi) is 7.43. The highest BCUT2D eigenvalue weighted by Crippen LogP contribution is 2.31. The van der Waals surface area contributed by atoms with Crippen molar-refractivity contribution in [1.29, 1.82) is 0 Å². The number of methoxy groups -OCH3 is 2. The lowest BCUT2D eigenvalue weighted by molar-refractivity contribution is 0.411. The molecule has 0 aliphatic heterocycles. The predicted octanol–water partition coefficient (Wildman–Crippen LogP) is 4.50. The van der Waals surface area contributed by atoms with Gasteiger partial charge in [-0.25, -0.2) is 0 Å². The summed E-state index contributed by atoms with van der Waals surface area (Å²) in [4.78, 5) is 0. The smallest absolute Gasteiger partial charge is 0.122 e. The van der Waals surface area contributed by atoms with E-state index in [1.807, 2.05) is 24.3 Å². The normalized spacial score (nSPS) is 9.70. The highest BCUT2D eigenvalue weighted by Gasteiger charge is 2.04. The minimum absolute atomic E-state index is 0. The third-order valence-electron chi connectivity index (χ3n) is 3.02. The average Bonchev–Trinajstić information content (AvgIpc) is 2.48. The summed E-state index contributed by atoms with van der Waals surface area (Å²) in [7, 11) is 4.27. The van der Waals surface area contributed by atoms with Crippen molar-refractivity contribution in [2.45, 2.75) is 12.3 Å². The van der Waals surface area contributed by atoms with Crippen molar-refractivity contribution in [1.82, 2.24) is 0 Å². The van der Waals surface area contributed by atoms with Crippen LogP contribution in [0.15, 0.2) is 48.5 Å². The molecule has 4 heteroatoms. The monoisotopic (exact) mass is 310 g/mol. The van der Waals surface area contributed by atoms with E-state index in [-0.39, 0.29) is 12.4 Å². The van der Waals surface area contributed by atoms with Crippen molar-refractivity contribution in [3.8, 4) is 11.5 Å². The van der Waals surface area contributed by atoms with Crippen molar-refractivity contribution >= 4 is 21.0 Å². The summed E-state index contributed by atoms with van der Waals surface area (Å²) in [6, 6.07) is 16.4. The van der Waals surface area contributed by atoms with Gasteiger partial charge in [0.05, 0.1) is 14.2 Å². The van der Waals surface area contributed by atoms with Crippen molar-refractivity contribution in [3.05, 3.63) is 59.7 Å². The second kappa shape index (κ2) is 8.84. The Morgan fingerprint density at radius 2 is 1.15 bits per heavy atom. The van der Waals surface area contributed by atoms with E-state index < -0.39 is 0 Å². The van der Waals surface area contributed by atoms with Gasteiger partial charge in [0, 0.05) is 0 Å². The molecule has 0 aliphatic carbocycles. The molecule has 0 bridgehead atoms. The molecule has 0 saturated heterocycles. The van der Waals surface area contributed by atoms with Crippen LogP contribution in [0.5, 0.6) is 11.5 Å². The highest BCUT2D eigenvalue weighted by molar-refractivity contribution is 7.36. The molecule has 0 spiro atoms. The van der Waals surface area contributed by atoms with Crippen LogP contribution in [-0.4, -0.2) is 14.2 Å². The van der Waals surface area contributed by atoms with Crippen LogP contribution in [0.1, 0.15) is 11.1 Å². The van der Waals surface area contributed by atoms with Crippen molar-refractivity contribution in [2.75, 3.05) is 14.2 Å². The van der Waals surface area contributed by atoms with Crippen molar-refractivity contribution < 1.29 is 9.47 Å². The van der Waals surface area contributed by atoms with E-state index in [1.165, 1.54) is 11.1 Å². The predicted molar refractivity (Wildman–Crippen MR) is 89.0 cm³/mol. The molecule has 108 valence electrons. The van der Waals surface area contributed by atoms with Crippen LogP contribution in [0, 0.1) is 0 Å². The van der Waals surface area contributed by atoms with E-state index >= 15 is 0 Å². The molecule has 0 fully saturated rings. The molecule has 0 radical (unpaired) electrons. The molecule has 0 aliphatic rings. The quantitative estimate of drug-likeness (QED) is 0.731. The summed E-state index contributed by atoms with van der Waals surface area (Å²) in [6.07, 6.45) is 2.09. The number of hydrogen-bond acceptors (Lipinski definition) is 2. The van der Waals surface area contributed by atoms with E-state index in [0.717, 1.165) is 32.4 Å². The molecule has 2 nitrogen and oxygen atoms in total. The molecule has 0 aromatic heterocycles. The number of benzene rings is 2. The van der Waals surface area contributed by atoms with Gasteiger partial charge in [0.25, 0.3) is 0 Å². The van der Waals surface area contributed by atoms with Crippen LogP contribution in [0.3, 0.4) is 0 Å². The lowest BCUT2D eigenvalue weighted by atomic mass is 10.2. The maximum atomic E-state index is 5.37. The van der Waals surface area contributed by atoms with E-state index in [2.05, 4.69) is 24.3 Å². The summed E-state index contributed by atoms with van der Waals surface area (Å²) < 4.78 is 10.7. The molecule has 0 N–H and O–H groups in total.